The molecule has 0 bridgehead atoms. The molecular formula is C28H46N2OS. The molecular weight excluding hydrogens is 412 g/mol. The molecule has 4 heteroatoms. The van der Waals surface area contributed by atoms with Crippen molar-refractivity contribution >= 4 is 28.6 Å². The lowest BCUT2D eigenvalue weighted by atomic mass is 9.92. The van der Waals surface area contributed by atoms with Crippen LogP contribution < -0.4 is 0 Å². The monoisotopic (exact) mass is 458 g/mol. The van der Waals surface area contributed by atoms with Crippen molar-refractivity contribution in [1.29, 1.82) is 0 Å². The molecule has 1 heterocycles. The van der Waals surface area contributed by atoms with Gasteiger partial charge in [-0.3, -0.25) is 4.79 Å². The Balaban J connectivity index is 1.80. The van der Waals surface area contributed by atoms with E-state index in [4.69, 9.17) is 4.98 Å². The van der Waals surface area contributed by atoms with Crippen LogP contribution in [-0.2, 0) is 4.79 Å². The zero-order valence-electron chi connectivity index (χ0n) is 21.3. The van der Waals surface area contributed by atoms with Crippen LogP contribution in [0.3, 0.4) is 0 Å². The van der Waals surface area contributed by atoms with E-state index in [1.807, 2.05) is 26.8 Å². The van der Waals surface area contributed by atoms with Crippen molar-refractivity contribution in [3.05, 3.63) is 24.3 Å². The van der Waals surface area contributed by atoms with Crippen LogP contribution in [0.1, 0.15) is 118 Å². The Bertz CT molecular complexity index is 805. The lowest BCUT2D eigenvalue weighted by Gasteiger charge is -2.19. The Hall–Kier alpha value is -1.29. The highest BCUT2D eigenvalue weighted by molar-refractivity contribution is 7.99. The Morgan fingerprint density at radius 3 is 2.09 bits per heavy atom. The maximum Gasteiger partial charge on any atom is 0.169 e. The van der Waals surface area contributed by atoms with Gasteiger partial charge in [0.1, 0.15) is 5.78 Å². The number of hydrogen-bond acceptors (Lipinski definition) is 3. The molecule has 0 aliphatic heterocycles. The molecule has 0 amide bonds. The molecule has 0 saturated carbocycles. The first-order valence-corrected chi connectivity index (χ1v) is 14.0. The van der Waals surface area contributed by atoms with Gasteiger partial charge in [0.2, 0.25) is 0 Å². The first kappa shape index (κ1) is 27.0. The zero-order chi connectivity index (χ0) is 23.4. The molecule has 180 valence electrons. The summed E-state index contributed by atoms with van der Waals surface area (Å²) in [5.74, 6) is 0.761. The van der Waals surface area contributed by atoms with Crippen LogP contribution in [0, 0.1) is 5.41 Å². The molecule has 0 fully saturated rings. The number of Topliss-reactive ketones (excluding diaryl/α,β-unsaturated/α-hetero) is 1. The van der Waals surface area contributed by atoms with E-state index in [0.717, 1.165) is 17.1 Å². The molecule has 0 spiro atoms. The van der Waals surface area contributed by atoms with Crippen molar-refractivity contribution in [1.82, 2.24) is 9.55 Å². The van der Waals surface area contributed by atoms with Crippen LogP contribution >= 0.6 is 11.8 Å². The van der Waals surface area contributed by atoms with Gasteiger partial charge in [-0.2, -0.15) is 0 Å². The van der Waals surface area contributed by atoms with E-state index in [2.05, 4.69) is 36.6 Å². The van der Waals surface area contributed by atoms with E-state index in [9.17, 15) is 4.79 Å². The predicted molar refractivity (Wildman–Crippen MR) is 141 cm³/mol. The Morgan fingerprint density at radius 1 is 0.938 bits per heavy atom. The lowest BCUT2D eigenvalue weighted by Crippen LogP contribution is -2.22. The van der Waals surface area contributed by atoms with Crippen molar-refractivity contribution in [3.8, 4) is 0 Å². The number of imidazole rings is 1. The number of aromatic nitrogens is 2. The minimum atomic E-state index is -0.301. The first-order valence-electron chi connectivity index (χ1n) is 13.0. The summed E-state index contributed by atoms with van der Waals surface area (Å²) in [6.07, 6.45) is 16.3. The van der Waals surface area contributed by atoms with Crippen LogP contribution in [0.4, 0.5) is 0 Å². The fourth-order valence-corrected chi connectivity index (χ4v) is 5.40. The standard InChI is InChI=1S/C28H46N2OS/c1-6-7-8-9-10-11-12-13-14-15-16-19-23(2)30-25-21-18-17-20-24(25)29-27(30)32-22-26(31)28(3,4)5/h17-18,20-21,23H,6-16,19,22H2,1-5H3. The zero-order valence-corrected chi connectivity index (χ0v) is 22.1. The van der Waals surface area contributed by atoms with Gasteiger partial charge in [0, 0.05) is 11.5 Å². The molecule has 1 atom stereocenters. The van der Waals surface area contributed by atoms with E-state index < -0.39 is 0 Å². The third-order valence-corrected chi connectivity index (χ3v) is 7.35. The molecule has 0 N–H and O–H groups in total. The molecule has 3 nitrogen and oxygen atoms in total. The predicted octanol–water partition coefficient (Wildman–Crippen LogP) is 9.01. The number of rotatable bonds is 16. The Kier molecular flexibility index (Phi) is 11.9. The number of carbonyl (C=O) groups is 1. The van der Waals surface area contributed by atoms with Gasteiger partial charge in [-0.1, -0.05) is 122 Å². The van der Waals surface area contributed by atoms with E-state index in [1.165, 1.54) is 76.1 Å². The van der Waals surface area contributed by atoms with Gasteiger partial charge < -0.3 is 4.57 Å². The fourth-order valence-electron chi connectivity index (χ4n) is 4.13. The summed E-state index contributed by atoms with van der Waals surface area (Å²) in [6, 6.07) is 8.77. The highest BCUT2D eigenvalue weighted by atomic mass is 32.2. The first-order chi connectivity index (χ1) is 15.3. The van der Waals surface area contributed by atoms with E-state index in [0.29, 0.717) is 11.8 Å². The summed E-state index contributed by atoms with van der Waals surface area (Å²) in [5, 5.41) is 0.986. The minimum absolute atomic E-state index is 0.277. The van der Waals surface area contributed by atoms with Crippen molar-refractivity contribution in [3.63, 3.8) is 0 Å². The van der Waals surface area contributed by atoms with Crippen molar-refractivity contribution in [2.24, 2.45) is 5.41 Å². The molecule has 2 rings (SSSR count). The summed E-state index contributed by atoms with van der Waals surface area (Å²) in [5.41, 5.74) is 1.92. The number of fused-ring (bicyclic) bond motifs is 1. The summed E-state index contributed by atoms with van der Waals surface area (Å²) in [7, 11) is 0. The van der Waals surface area contributed by atoms with Gasteiger partial charge in [0.05, 0.1) is 16.8 Å². The second kappa shape index (κ2) is 14.1. The van der Waals surface area contributed by atoms with Gasteiger partial charge in [-0.15, -0.1) is 0 Å². The number of para-hydroxylation sites is 2. The van der Waals surface area contributed by atoms with E-state index in [1.54, 1.807) is 11.8 Å². The van der Waals surface area contributed by atoms with E-state index >= 15 is 0 Å². The van der Waals surface area contributed by atoms with E-state index in [-0.39, 0.29) is 11.2 Å². The van der Waals surface area contributed by atoms with Gasteiger partial charge in [-0.25, -0.2) is 4.98 Å². The molecule has 2 aromatic rings. The van der Waals surface area contributed by atoms with Gasteiger partial charge >= 0.3 is 0 Å². The summed E-state index contributed by atoms with van der Waals surface area (Å²) < 4.78 is 2.37. The van der Waals surface area contributed by atoms with Crippen molar-refractivity contribution in [2.45, 2.75) is 123 Å². The molecule has 1 aromatic heterocycles. The van der Waals surface area contributed by atoms with Gasteiger partial charge in [-0.05, 0) is 25.5 Å². The molecule has 1 unspecified atom stereocenters. The number of ketones is 1. The minimum Gasteiger partial charge on any atom is -0.316 e. The van der Waals surface area contributed by atoms with Gasteiger partial charge in [0.25, 0.3) is 0 Å². The summed E-state index contributed by atoms with van der Waals surface area (Å²) >= 11 is 1.60. The lowest BCUT2D eigenvalue weighted by molar-refractivity contribution is -0.123. The van der Waals surface area contributed by atoms with Crippen LogP contribution in [0.25, 0.3) is 11.0 Å². The largest absolute Gasteiger partial charge is 0.316 e. The normalized spacial score (nSPS) is 13.0. The van der Waals surface area contributed by atoms with Crippen molar-refractivity contribution in [2.75, 3.05) is 5.75 Å². The second-order valence-electron chi connectivity index (χ2n) is 10.4. The number of thioether (sulfide) groups is 1. The average molecular weight is 459 g/mol. The number of hydrogen-bond donors (Lipinski definition) is 0. The third-order valence-electron chi connectivity index (χ3n) is 6.40. The molecule has 32 heavy (non-hydrogen) atoms. The average Bonchev–Trinajstić information content (AvgIpc) is 3.13. The SMILES string of the molecule is CCCCCCCCCCCCCC(C)n1c(SCC(=O)C(C)(C)C)nc2ccccc21. The molecule has 0 aliphatic rings. The topological polar surface area (TPSA) is 34.9 Å². The summed E-state index contributed by atoms with van der Waals surface area (Å²) in [4.78, 5) is 17.3. The third kappa shape index (κ3) is 8.92. The highest BCUT2D eigenvalue weighted by Gasteiger charge is 2.23. The highest BCUT2D eigenvalue weighted by Crippen LogP contribution is 2.31. The molecule has 1 aromatic carbocycles. The fraction of sp³-hybridized carbons (Fsp3) is 0.714. The molecule has 0 aliphatic carbocycles. The number of unbranched alkanes of at least 4 members (excludes halogenated alkanes) is 10. The maximum atomic E-state index is 12.5. The van der Waals surface area contributed by atoms with Crippen LogP contribution in [0.5, 0.6) is 0 Å². The molecule has 0 saturated heterocycles. The second-order valence-corrected chi connectivity index (χ2v) is 11.3. The number of carbonyl (C=O) groups excluding carboxylic acids is 1. The smallest absolute Gasteiger partial charge is 0.169 e. The summed E-state index contributed by atoms with van der Waals surface area (Å²) in [6.45, 7) is 10.6. The van der Waals surface area contributed by atoms with Crippen molar-refractivity contribution < 1.29 is 4.79 Å². The molecule has 0 radical (unpaired) electrons. The van der Waals surface area contributed by atoms with Crippen LogP contribution in [-0.4, -0.2) is 21.1 Å². The number of benzene rings is 1. The Labute approximate surface area is 201 Å². The van der Waals surface area contributed by atoms with Gasteiger partial charge in [0.15, 0.2) is 5.16 Å². The quantitative estimate of drug-likeness (QED) is 0.186. The van der Waals surface area contributed by atoms with Crippen LogP contribution in [0.15, 0.2) is 29.4 Å². The van der Waals surface area contributed by atoms with Crippen LogP contribution in [0.2, 0.25) is 0 Å². The maximum absolute atomic E-state index is 12.5. The Morgan fingerprint density at radius 2 is 1.50 bits per heavy atom. The number of nitrogens with zero attached hydrogens (tertiary/aromatic N) is 2.